The summed E-state index contributed by atoms with van der Waals surface area (Å²) in [5, 5.41) is 13.6. The second-order valence-corrected chi connectivity index (χ2v) is 9.27. The maximum Gasteiger partial charge on any atom is 0.161 e. The van der Waals surface area contributed by atoms with Gasteiger partial charge in [0.1, 0.15) is 5.82 Å². The number of hydrogen-bond donors (Lipinski definition) is 2. The van der Waals surface area contributed by atoms with Crippen molar-refractivity contribution in [2.75, 3.05) is 26.5 Å². The van der Waals surface area contributed by atoms with Gasteiger partial charge in [-0.05, 0) is 49.8 Å². The van der Waals surface area contributed by atoms with Crippen LogP contribution in [0.3, 0.4) is 0 Å². The molecule has 1 aliphatic rings. The molecule has 35 heavy (non-hydrogen) atoms. The van der Waals surface area contributed by atoms with Crippen molar-refractivity contribution in [1.29, 1.82) is 0 Å². The van der Waals surface area contributed by atoms with E-state index in [2.05, 4.69) is 35.6 Å². The molecule has 2 N–H and O–H groups in total. The van der Waals surface area contributed by atoms with E-state index in [1.165, 1.54) is 0 Å². The van der Waals surface area contributed by atoms with Gasteiger partial charge in [0.2, 0.25) is 0 Å². The van der Waals surface area contributed by atoms with Crippen molar-refractivity contribution >= 4 is 23.2 Å². The molecule has 0 atom stereocenters. The number of nitrogens with one attached hydrogen (secondary N) is 1. The zero-order valence-electron chi connectivity index (χ0n) is 21.3. The summed E-state index contributed by atoms with van der Waals surface area (Å²) in [6.45, 7) is 9.96. The quantitative estimate of drug-likeness (QED) is 0.367. The van der Waals surface area contributed by atoms with Crippen LogP contribution in [0.1, 0.15) is 43.7 Å². The highest BCUT2D eigenvalue weighted by Gasteiger charge is 2.22. The molecule has 184 valence electrons. The third-order valence-corrected chi connectivity index (χ3v) is 5.88. The van der Waals surface area contributed by atoms with E-state index >= 15 is 0 Å². The van der Waals surface area contributed by atoms with Crippen LogP contribution in [0, 0.1) is 0 Å². The summed E-state index contributed by atoms with van der Waals surface area (Å²) >= 11 is 0. The molecule has 0 bridgehead atoms. The number of nitrogens with zero attached hydrogens (tertiary/aromatic N) is 4. The Morgan fingerprint density at radius 3 is 2.57 bits per heavy atom. The minimum Gasteiger partial charge on any atom is -0.393 e. The molecule has 1 saturated carbocycles. The maximum absolute atomic E-state index is 9.94. The largest absolute Gasteiger partial charge is 0.393 e. The van der Waals surface area contributed by atoms with Crippen molar-refractivity contribution in [3.8, 4) is 11.4 Å². The Morgan fingerprint density at radius 2 is 1.94 bits per heavy atom. The molecule has 6 heteroatoms. The van der Waals surface area contributed by atoms with Gasteiger partial charge in [-0.1, -0.05) is 49.1 Å². The second-order valence-electron chi connectivity index (χ2n) is 9.27. The first-order valence-corrected chi connectivity index (χ1v) is 12.0. The van der Waals surface area contributed by atoms with Crippen LogP contribution in [0.5, 0.6) is 0 Å². The normalized spacial score (nSPS) is 19.0. The van der Waals surface area contributed by atoms with E-state index in [1.807, 2.05) is 68.8 Å². The molecule has 1 fully saturated rings. The van der Waals surface area contributed by atoms with Crippen LogP contribution >= 0.6 is 0 Å². The Balaban J connectivity index is 2.06. The standard InChI is InChI=1S/C29H37N5O/c1-7-21(19-34(5)6)22-9-8-10-23(16-22)28-31-18-27(24(17-30-4)15-20(2)3)29(33-28)32-25-11-13-26(35)14-12-25/h7-10,15-19,25-26,35H,1-2,11-14H2,3-6H3,(H,31,32,33)/b21-19+,24-15+,30-17-/t25-,26+. The first-order chi connectivity index (χ1) is 16.8. The Bertz CT molecular complexity index is 1140. The third-order valence-electron chi connectivity index (χ3n) is 5.88. The lowest BCUT2D eigenvalue weighted by Gasteiger charge is -2.27. The summed E-state index contributed by atoms with van der Waals surface area (Å²) in [7, 11) is 5.74. The minimum absolute atomic E-state index is 0.211. The Kier molecular flexibility index (Phi) is 9.15. The van der Waals surface area contributed by atoms with Crippen molar-refractivity contribution in [1.82, 2.24) is 14.9 Å². The van der Waals surface area contributed by atoms with Crippen molar-refractivity contribution < 1.29 is 5.11 Å². The molecule has 0 saturated heterocycles. The third kappa shape index (κ3) is 7.23. The van der Waals surface area contributed by atoms with Crippen molar-refractivity contribution in [2.45, 2.75) is 44.8 Å². The van der Waals surface area contributed by atoms with Crippen LogP contribution in [0.25, 0.3) is 22.5 Å². The van der Waals surface area contributed by atoms with E-state index < -0.39 is 0 Å². The van der Waals surface area contributed by atoms with E-state index in [0.29, 0.717) is 5.82 Å². The average molecular weight is 472 g/mol. The Morgan fingerprint density at radius 1 is 1.20 bits per heavy atom. The summed E-state index contributed by atoms with van der Waals surface area (Å²) in [6.07, 6.45) is 12.7. The number of aliphatic hydroxyl groups is 1. The van der Waals surface area contributed by atoms with Gasteiger partial charge in [0.25, 0.3) is 0 Å². The number of rotatable bonds is 9. The molecule has 2 aromatic rings. The van der Waals surface area contributed by atoms with Gasteiger partial charge in [0.15, 0.2) is 5.82 Å². The molecule has 1 aliphatic carbocycles. The number of hydrogen-bond acceptors (Lipinski definition) is 6. The summed E-state index contributed by atoms with van der Waals surface area (Å²) in [4.78, 5) is 16.0. The lowest BCUT2D eigenvalue weighted by Crippen LogP contribution is -2.29. The predicted molar refractivity (Wildman–Crippen MR) is 148 cm³/mol. The van der Waals surface area contributed by atoms with Gasteiger partial charge in [-0.15, -0.1) is 0 Å². The fourth-order valence-electron chi connectivity index (χ4n) is 4.21. The number of allylic oxidation sites excluding steroid dienone is 5. The van der Waals surface area contributed by atoms with Gasteiger partial charge in [-0.25, -0.2) is 9.97 Å². The van der Waals surface area contributed by atoms with Gasteiger partial charge in [0, 0.05) is 62.5 Å². The van der Waals surface area contributed by atoms with Crippen LogP contribution in [-0.4, -0.2) is 59.5 Å². The van der Waals surface area contributed by atoms with E-state index in [0.717, 1.165) is 64.9 Å². The summed E-state index contributed by atoms with van der Waals surface area (Å²) in [6, 6.07) is 8.43. The van der Waals surface area contributed by atoms with Crippen LogP contribution in [0.2, 0.25) is 0 Å². The fraction of sp³-hybridized carbons (Fsp3) is 0.345. The van der Waals surface area contributed by atoms with Crippen LogP contribution in [-0.2, 0) is 0 Å². The highest BCUT2D eigenvalue weighted by atomic mass is 16.3. The molecule has 0 radical (unpaired) electrons. The van der Waals surface area contributed by atoms with E-state index in [1.54, 1.807) is 7.05 Å². The van der Waals surface area contributed by atoms with Gasteiger partial charge < -0.3 is 15.3 Å². The molecule has 1 heterocycles. The minimum atomic E-state index is -0.211. The first kappa shape index (κ1) is 26.1. The lowest BCUT2D eigenvalue weighted by atomic mass is 9.93. The van der Waals surface area contributed by atoms with Gasteiger partial charge in [-0.2, -0.15) is 0 Å². The predicted octanol–water partition coefficient (Wildman–Crippen LogP) is 5.61. The van der Waals surface area contributed by atoms with Crippen LogP contribution < -0.4 is 5.32 Å². The van der Waals surface area contributed by atoms with Crippen LogP contribution in [0.15, 0.2) is 72.5 Å². The number of aliphatic hydroxyl groups excluding tert-OH is 1. The van der Waals surface area contributed by atoms with E-state index in [9.17, 15) is 5.11 Å². The van der Waals surface area contributed by atoms with Gasteiger partial charge in [0.05, 0.1) is 6.10 Å². The maximum atomic E-state index is 9.94. The molecule has 1 aromatic carbocycles. The molecule has 0 aliphatic heterocycles. The van der Waals surface area contributed by atoms with Gasteiger partial charge in [-0.3, -0.25) is 4.99 Å². The Labute approximate surface area is 209 Å². The zero-order valence-corrected chi connectivity index (χ0v) is 21.3. The first-order valence-electron chi connectivity index (χ1n) is 12.0. The zero-order chi connectivity index (χ0) is 25.4. The van der Waals surface area contributed by atoms with E-state index in [-0.39, 0.29) is 12.1 Å². The SMILES string of the molecule is C=C/C(=C\N(C)C)c1cccc(-c2ncc(C(/C=N\C)=C/C(=C)C)c(N[C@H]3CC[C@@H](O)CC3)n2)c1. The monoisotopic (exact) mass is 471 g/mol. The summed E-state index contributed by atoms with van der Waals surface area (Å²) in [5.74, 6) is 1.41. The van der Waals surface area contributed by atoms with Gasteiger partial charge >= 0.3 is 0 Å². The smallest absolute Gasteiger partial charge is 0.161 e. The molecule has 3 rings (SSSR count). The number of benzene rings is 1. The van der Waals surface area contributed by atoms with Crippen LogP contribution in [0.4, 0.5) is 5.82 Å². The molecular weight excluding hydrogens is 434 g/mol. The average Bonchev–Trinajstić information content (AvgIpc) is 2.83. The molecule has 1 aromatic heterocycles. The second kappa shape index (κ2) is 12.3. The molecule has 0 spiro atoms. The summed E-state index contributed by atoms with van der Waals surface area (Å²) < 4.78 is 0. The molecular formula is C29H37N5O. The number of aliphatic imine (C=N–C) groups is 1. The van der Waals surface area contributed by atoms with Crippen molar-refractivity contribution in [3.05, 3.63) is 78.7 Å². The van der Waals surface area contributed by atoms with E-state index in [4.69, 9.17) is 9.97 Å². The van der Waals surface area contributed by atoms with Crippen molar-refractivity contribution in [3.63, 3.8) is 0 Å². The highest BCUT2D eigenvalue weighted by molar-refractivity contribution is 6.12. The topological polar surface area (TPSA) is 73.6 Å². The molecule has 6 nitrogen and oxygen atoms in total. The fourth-order valence-corrected chi connectivity index (χ4v) is 4.21. The van der Waals surface area contributed by atoms with Crippen molar-refractivity contribution in [2.24, 2.45) is 4.99 Å². The number of anilines is 1. The summed E-state index contributed by atoms with van der Waals surface area (Å²) in [5.41, 5.74) is 5.71. The molecule has 0 amide bonds. The Hall–Kier alpha value is -3.51. The highest BCUT2D eigenvalue weighted by Crippen LogP contribution is 2.29. The lowest BCUT2D eigenvalue weighted by molar-refractivity contribution is 0.126. The number of aromatic nitrogens is 2. The molecule has 0 unspecified atom stereocenters.